The van der Waals surface area contributed by atoms with Crippen LogP contribution in [0.5, 0.6) is 0 Å². The van der Waals surface area contributed by atoms with E-state index < -0.39 is 34.8 Å². The predicted molar refractivity (Wildman–Crippen MR) is 103 cm³/mol. The molecule has 5 nitrogen and oxygen atoms in total. The number of piperazine rings is 1. The lowest BCUT2D eigenvalue weighted by atomic mass is 9.84. The minimum absolute atomic E-state index is 0.0686. The van der Waals surface area contributed by atoms with Gasteiger partial charge in [-0.2, -0.15) is 5.26 Å². The summed E-state index contributed by atoms with van der Waals surface area (Å²) in [5.74, 6) is -4.11. The van der Waals surface area contributed by atoms with E-state index in [1.807, 2.05) is 0 Å². The maximum Gasteiger partial charge on any atom is 0.268 e. The fourth-order valence-electron chi connectivity index (χ4n) is 3.48. The number of amides is 2. The molecule has 0 aromatic heterocycles. The zero-order valence-corrected chi connectivity index (χ0v) is 16.3. The van der Waals surface area contributed by atoms with Gasteiger partial charge in [0.25, 0.3) is 11.8 Å². The van der Waals surface area contributed by atoms with Crippen molar-refractivity contribution in [1.82, 2.24) is 10.6 Å². The lowest BCUT2D eigenvalue weighted by Gasteiger charge is -2.37. The molecule has 3 rings (SSSR count). The number of rotatable bonds is 4. The zero-order chi connectivity index (χ0) is 22.1. The van der Waals surface area contributed by atoms with Gasteiger partial charge in [0.05, 0.1) is 11.6 Å². The number of nitrogens with zero attached hydrogens (tertiary/aromatic N) is 1. The van der Waals surface area contributed by atoms with Gasteiger partial charge in [-0.15, -0.1) is 0 Å². The fraction of sp³-hybridized carbons (Fsp3) is 0.227. The third kappa shape index (κ3) is 3.66. The van der Waals surface area contributed by atoms with Gasteiger partial charge in [-0.25, -0.2) is 13.2 Å². The summed E-state index contributed by atoms with van der Waals surface area (Å²) in [5, 5.41) is 14.4. The third-order valence-electron chi connectivity index (χ3n) is 5.24. The molecule has 1 unspecified atom stereocenters. The molecule has 0 aliphatic carbocycles. The average molecular weight is 413 g/mol. The van der Waals surface area contributed by atoms with Crippen LogP contribution in [-0.4, -0.2) is 17.4 Å². The quantitative estimate of drug-likeness (QED) is 0.755. The van der Waals surface area contributed by atoms with E-state index in [0.29, 0.717) is 5.56 Å². The summed E-state index contributed by atoms with van der Waals surface area (Å²) in [6, 6.07) is 9.23. The second-order valence-electron chi connectivity index (χ2n) is 7.04. The molecule has 154 valence electrons. The van der Waals surface area contributed by atoms with Crippen LogP contribution in [0.15, 0.2) is 42.1 Å². The van der Waals surface area contributed by atoms with Crippen molar-refractivity contribution in [3.8, 4) is 6.07 Å². The Kier molecular flexibility index (Phi) is 5.65. The Morgan fingerprint density at radius 3 is 2.37 bits per heavy atom. The van der Waals surface area contributed by atoms with Crippen molar-refractivity contribution in [2.24, 2.45) is 0 Å². The molecule has 1 fully saturated rings. The number of carbonyl (C=O) groups is 2. The van der Waals surface area contributed by atoms with E-state index in [-0.39, 0.29) is 35.2 Å². The van der Waals surface area contributed by atoms with Gasteiger partial charge in [0, 0.05) is 12.0 Å². The highest BCUT2D eigenvalue weighted by Gasteiger charge is 2.44. The summed E-state index contributed by atoms with van der Waals surface area (Å²) in [5.41, 5.74) is -1.53. The third-order valence-corrected chi connectivity index (χ3v) is 5.24. The molecule has 0 spiro atoms. The second kappa shape index (κ2) is 8.03. The monoisotopic (exact) mass is 413 g/mol. The predicted octanol–water partition coefficient (Wildman–Crippen LogP) is 3.34. The van der Waals surface area contributed by atoms with Gasteiger partial charge in [0.2, 0.25) is 0 Å². The summed E-state index contributed by atoms with van der Waals surface area (Å²) in [7, 11) is 0. The van der Waals surface area contributed by atoms with Crippen molar-refractivity contribution in [1.29, 1.82) is 5.26 Å². The Hall–Kier alpha value is -3.60. The Morgan fingerprint density at radius 2 is 1.77 bits per heavy atom. The summed E-state index contributed by atoms with van der Waals surface area (Å²) in [6.45, 7) is 3.04. The van der Waals surface area contributed by atoms with E-state index in [1.165, 1.54) is 31.2 Å². The van der Waals surface area contributed by atoms with Crippen molar-refractivity contribution in [3.63, 3.8) is 0 Å². The van der Waals surface area contributed by atoms with Crippen LogP contribution in [0.2, 0.25) is 0 Å². The molecule has 0 bridgehead atoms. The first-order valence-corrected chi connectivity index (χ1v) is 9.20. The fourth-order valence-corrected chi connectivity index (χ4v) is 3.48. The maximum atomic E-state index is 14.4. The highest BCUT2D eigenvalue weighted by Crippen LogP contribution is 2.29. The molecule has 1 saturated heterocycles. The van der Waals surface area contributed by atoms with Crippen LogP contribution < -0.4 is 10.6 Å². The Balaban J connectivity index is 2.01. The van der Waals surface area contributed by atoms with Gasteiger partial charge >= 0.3 is 0 Å². The minimum atomic E-state index is -1.29. The van der Waals surface area contributed by atoms with Crippen LogP contribution in [0.3, 0.4) is 0 Å². The highest BCUT2D eigenvalue weighted by atomic mass is 19.2. The van der Waals surface area contributed by atoms with E-state index in [2.05, 4.69) is 10.6 Å². The van der Waals surface area contributed by atoms with Crippen LogP contribution in [0.1, 0.15) is 37.0 Å². The first kappa shape index (κ1) is 21.1. The molecule has 0 saturated carbocycles. The number of benzene rings is 2. The summed E-state index contributed by atoms with van der Waals surface area (Å²) in [4.78, 5) is 25.8. The van der Waals surface area contributed by atoms with Crippen molar-refractivity contribution < 1.29 is 22.8 Å². The largest absolute Gasteiger partial charge is 0.336 e. The topological polar surface area (TPSA) is 82.0 Å². The average Bonchev–Trinajstić information content (AvgIpc) is 2.73. The first-order chi connectivity index (χ1) is 14.2. The SMILES string of the molecule is CCC1(Cc2ccc(F)cc2)NC(=O)C(=C(C)c2c(C#N)ccc(F)c2F)NC1=O. The van der Waals surface area contributed by atoms with E-state index in [9.17, 15) is 28.0 Å². The van der Waals surface area contributed by atoms with Crippen LogP contribution in [0.25, 0.3) is 5.57 Å². The summed E-state index contributed by atoms with van der Waals surface area (Å²) in [6.07, 6.45) is 0.359. The molecule has 1 aliphatic heterocycles. The van der Waals surface area contributed by atoms with Gasteiger partial charge in [-0.1, -0.05) is 19.1 Å². The molecule has 2 N–H and O–H groups in total. The molecule has 0 radical (unpaired) electrons. The summed E-state index contributed by atoms with van der Waals surface area (Å²) < 4.78 is 41.3. The smallest absolute Gasteiger partial charge is 0.268 e. The van der Waals surface area contributed by atoms with Gasteiger partial charge in [-0.3, -0.25) is 9.59 Å². The minimum Gasteiger partial charge on any atom is -0.336 e. The molecule has 1 heterocycles. The van der Waals surface area contributed by atoms with Crippen molar-refractivity contribution >= 4 is 17.4 Å². The van der Waals surface area contributed by atoms with E-state index in [1.54, 1.807) is 13.0 Å². The molecule has 1 aliphatic rings. The van der Waals surface area contributed by atoms with E-state index in [0.717, 1.165) is 12.1 Å². The second-order valence-corrected chi connectivity index (χ2v) is 7.04. The standard InChI is InChI=1S/C22H18F3N3O2/c1-3-22(10-13-4-7-15(23)8-5-13)21(30)27-19(20(29)28-22)12(2)17-14(11-26)6-9-16(24)18(17)25/h4-9H,3,10H2,1-2H3,(H,27,30)(H,28,29). The van der Waals surface area contributed by atoms with Gasteiger partial charge in [0.1, 0.15) is 17.1 Å². The molecule has 1 atom stereocenters. The number of nitriles is 1. The Labute approximate surface area is 171 Å². The number of hydrogen-bond donors (Lipinski definition) is 2. The molecular weight excluding hydrogens is 395 g/mol. The Bertz CT molecular complexity index is 1100. The van der Waals surface area contributed by atoms with Gasteiger partial charge in [0.15, 0.2) is 11.6 Å². The zero-order valence-electron chi connectivity index (χ0n) is 16.3. The Morgan fingerprint density at radius 1 is 1.10 bits per heavy atom. The van der Waals surface area contributed by atoms with E-state index >= 15 is 0 Å². The molecule has 2 aromatic carbocycles. The van der Waals surface area contributed by atoms with Crippen LogP contribution in [-0.2, 0) is 16.0 Å². The van der Waals surface area contributed by atoms with Crippen molar-refractivity contribution in [2.75, 3.05) is 0 Å². The van der Waals surface area contributed by atoms with Crippen LogP contribution in [0.4, 0.5) is 13.2 Å². The highest BCUT2D eigenvalue weighted by molar-refractivity contribution is 6.11. The molecule has 30 heavy (non-hydrogen) atoms. The van der Waals surface area contributed by atoms with Crippen molar-refractivity contribution in [3.05, 3.63) is 76.2 Å². The molecule has 8 heteroatoms. The van der Waals surface area contributed by atoms with Crippen LogP contribution in [0, 0.1) is 28.8 Å². The van der Waals surface area contributed by atoms with Gasteiger partial charge < -0.3 is 10.6 Å². The maximum absolute atomic E-state index is 14.4. The van der Waals surface area contributed by atoms with Crippen LogP contribution >= 0.6 is 0 Å². The number of halogens is 3. The van der Waals surface area contributed by atoms with E-state index in [4.69, 9.17) is 0 Å². The molecule has 2 amide bonds. The lowest BCUT2D eigenvalue weighted by molar-refractivity contribution is -0.136. The number of carbonyl (C=O) groups excluding carboxylic acids is 2. The summed E-state index contributed by atoms with van der Waals surface area (Å²) >= 11 is 0. The van der Waals surface area contributed by atoms with Crippen molar-refractivity contribution in [2.45, 2.75) is 32.2 Å². The number of allylic oxidation sites excluding steroid dienone is 1. The lowest BCUT2D eigenvalue weighted by Crippen LogP contribution is -2.65. The molecule has 2 aromatic rings. The van der Waals surface area contributed by atoms with Gasteiger partial charge in [-0.05, 0) is 48.7 Å². The normalized spacial score (nSPS) is 20.3. The number of nitrogens with one attached hydrogen (secondary N) is 2. The first-order valence-electron chi connectivity index (χ1n) is 9.20. The molecular formula is C22H18F3N3O2. The number of hydrogen-bond acceptors (Lipinski definition) is 3.